The van der Waals surface area contributed by atoms with Crippen LogP contribution in [0.5, 0.6) is 23.0 Å². The molecule has 0 spiro atoms. The Hall–Kier alpha value is -5.46. The number of anilines is 2. The number of fused-ring (bicyclic) bond motifs is 4. The van der Waals surface area contributed by atoms with E-state index in [4.69, 9.17) is 18.9 Å². The van der Waals surface area contributed by atoms with Gasteiger partial charge in [0.2, 0.25) is 0 Å². The Bertz CT molecular complexity index is 2260. The van der Waals surface area contributed by atoms with Gasteiger partial charge in [-0.25, -0.2) is 9.03 Å². The van der Waals surface area contributed by atoms with Crippen LogP contribution in [0.3, 0.4) is 0 Å². The van der Waals surface area contributed by atoms with Crippen LogP contribution in [0.4, 0.5) is 11.4 Å². The minimum Gasteiger partial charge on any atom is -0.493 e. The van der Waals surface area contributed by atoms with Crippen LogP contribution in [0.15, 0.2) is 97.6 Å². The summed E-state index contributed by atoms with van der Waals surface area (Å²) >= 11 is 0. The van der Waals surface area contributed by atoms with Crippen molar-refractivity contribution in [3.05, 3.63) is 109 Å². The van der Waals surface area contributed by atoms with Crippen molar-refractivity contribution in [1.82, 2.24) is 29.0 Å². The number of pyridine rings is 2. The number of ether oxygens (including phenoxy) is 4. The standard InChI is InChI=1S/C24H30N4O2.C23H28N4O2/c1(2-17-29-22-9-12-28-21(19-22)8-10-25-28)11-26-13-15-27(16-14-26)23-7-3-5-20-6-4-18-30-24(20)23;1(2-16-28-21-7-11-27-20(18-21)6-9-24-27)10-25-12-14-26(15-13-25)22-5-3-4-19-8-17-29-23(19)22/h3,5,7-10,12,19H,1-2,4,6,11,13-18H2;3-7,9,11,18H,1-2,8,10,12-17H2. The maximum Gasteiger partial charge on any atom is 0.145 e. The Labute approximate surface area is 347 Å². The zero-order valence-corrected chi connectivity index (χ0v) is 34.3. The number of aromatic nitrogens is 4. The molecule has 0 unspecified atom stereocenters. The highest BCUT2D eigenvalue weighted by molar-refractivity contribution is 5.64. The van der Waals surface area contributed by atoms with Crippen LogP contribution in [0.2, 0.25) is 0 Å². The number of benzene rings is 2. The lowest BCUT2D eigenvalue weighted by molar-refractivity contribution is 0.237. The normalized spacial score (nSPS) is 16.9. The number of hydrogen-bond acceptors (Lipinski definition) is 10. The predicted molar refractivity (Wildman–Crippen MR) is 233 cm³/mol. The van der Waals surface area contributed by atoms with Crippen LogP contribution in [0.1, 0.15) is 43.2 Å². The Morgan fingerprint density at radius 2 is 1.03 bits per heavy atom. The minimum atomic E-state index is 0.762. The number of unbranched alkanes of at least 4 members (excludes halogenated alkanes) is 2. The summed E-state index contributed by atoms with van der Waals surface area (Å²) < 4.78 is 27.4. The van der Waals surface area contributed by atoms with Gasteiger partial charge in [0.1, 0.15) is 23.0 Å². The molecule has 0 atom stereocenters. The van der Waals surface area contributed by atoms with Gasteiger partial charge in [-0.3, -0.25) is 9.80 Å². The summed E-state index contributed by atoms with van der Waals surface area (Å²) in [6.45, 7) is 14.2. The number of aryl methyl sites for hydroxylation is 1. The molecule has 4 aliphatic heterocycles. The molecule has 59 heavy (non-hydrogen) atoms. The number of para-hydroxylation sites is 2. The molecule has 4 aromatic heterocycles. The molecule has 2 aromatic carbocycles. The summed E-state index contributed by atoms with van der Waals surface area (Å²) in [5.41, 5.74) is 7.43. The van der Waals surface area contributed by atoms with Crippen molar-refractivity contribution >= 4 is 22.4 Å². The lowest BCUT2D eigenvalue weighted by Crippen LogP contribution is -2.46. The van der Waals surface area contributed by atoms with Crippen molar-refractivity contribution in [1.29, 1.82) is 0 Å². The third-order valence-electron chi connectivity index (χ3n) is 12.0. The van der Waals surface area contributed by atoms with E-state index in [0.717, 1.165) is 158 Å². The molecule has 2 fully saturated rings. The van der Waals surface area contributed by atoms with Crippen molar-refractivity contribution in [3.8, 4) is 23.0 Å². The van der Waals surface area contributed by atoms with Gasteiger partial charge < -0.3 is 28.7 Å². The van der Waals surface area contributed by atoms with Gasteiger partial charge in [-0.2, -0.15) is 10.2 Å². The summed E-state index contributed by atoms with van der Waals surface area (Å²) in [6, 6.07) is 25.2. The molecule has 4 aliphatic rings. The molecule has 12 nitrogen and oxygen atoms in total. The molecule has 0 aliphatic carbocycles. The summed E-state index contributed by atoms with van der Waals surface area (Å²) in [5, 5.41) is 8.42. The van der Waals surface area contributed by atoms with E-state index in [1.54, 1.807) is 12.4 Å². The molecule has 0 radical (unpaired) electrons. The smallest absolute Gasteiger partial charge is 0.145 e. The summed E-state index contributed by atoms with van der Waals surface area (Å²) in [7, 11) is 0. The first kappa shape index (κ1) is 39.0. The second-order valence-electron chi connectivity index (χ2n) is 16.0. The van der Waals surface area contributed by atoms with Crippen molar-refractivity contribution < 1.29 is 18.9 Å². The van der Waals surface area contributed by atoms with E-state index < -0.39 is 0 Å². The van der Waals surface area contributed by atoms with Crippen molar-refractivity contribution in [3.63, 3.8) is 0 Å². The van der Waals surface area contributed by atoms with Crippen LogP contribution in [0, 0.1) is 0 Å². The number of rotatable bonds is 14. The van der Waals surface area contributed by atoms with Crippen LogP contribution in [0.25, 0.3) is 11.0 Å². The molecule has 10 rings (SSSR count). The first-order chi connectivity index (χ1) is 29.2. The van der Waals surface area contributed by atoms with Crippen LogP contribution < -0.4 is 28.7 Å². The van der Waals surface area contributed by atoms with E-state index in [0.29, 0.717) is 0 Å². The van der Waals surface area contributed by atoms with Gasteiger partial charge in [0.05, 0.1) is 48.8 Å². The van der Waals surface area contributed by atoms with Crippen LogP contribution in [-0.4, -0.2) is 121 Å². The van der Waals surface area contributed by atoms with Crippen molar-refractivity contribution in [2.75, 3.05) is 102 Å². The predicted octanol–water partition coefficient (Wildman–Crippen LogP) is 6.89. The fourth-order valence-corrected chi connectivity index (χ4v) is 8.73. The van der Waals surface area contributed by atoms with E-state index >= 15 is 0 Å². The van der Waals surface area contributed by atoms with E-state index in [-0.39, 0.29) is 0 Å². The number of hydrogen-bond donors (Lipinski definition) is 0. The summed E-state index contributed by atoms with van der Waals surface area (Å²) in [4.78, 5) is 10.1. The monoisotopic (exact) mass is 798 g/mol. The third kappa shape index (κ3) is 9.71. The van der Waals surface area contributed by atoms with Gasteiger partial charge in [0.25, 0.3) is 0 Å². The van der Waals surface area contributed by atoms with Crippen LogP contribution in [-0.2, 0) is 12.8 Å². The molecule has 12 heteroatoms. The highest BCUT2D eigenvalue weighted by Crippen LogP contribution is 2.37. The Morgan fingerprint density at radius 3 is 1.58 bits per heavy atom. The molecular weight excluding hydrogens is 741 g/mol. The van der Waals surface area contributed by atoms with E-state index in [2.05, 4.69) is 66.2 Å². The molecule has 2 saturated heterocycles. The quantitative estimate of drug-likeness (QED) is 0.109. The molecule has 0 N–H and O–H groups in total. The van der Waals surface area contributed by atoms with Gasteiger partial charge in [-0.15, -0.1) is 0 Å². The second-order valence-corrected chi connectivity index (χ2v) is 16.0. The molecule has 0 saturated carbocycles. The van der Waals surface area contributed by atoms with Crippen molar-refractivity contribution in [2.24, 2.45) is 0 Å². The van der Waals surface area contributed by atoms with Gasteiger partial charge in [-0.05, 0) is 99.1 Å². The molecule has 0 amide bonds. The third-order valence-corrected chi connectivity index (χ3v) is 12.0. The van der Waals surface area contributed by atoms with E-state index in [1.807, 2.05) is 57.8 Å². The van der Waals surface area contributed by atoms with Gasteiger partial charge in [-0.1, -0.05) is 24.3 Å². The minimum absolute atomic E-state index is 0.762. The Balaban J connectivity index is 0.000000152. The fourth-order valence-electron chi connectivity index (χ4n) is 8.73. The van der Waals surface area contributed by atoms with Gasteiger partial charge >= 0.3 is 0 Å². The Kier molecular flexibility index (Phi) is 12.6. The van der Waals surface area contributed by atoms with Crippen LogP contribution >= 0.6 is 0 Å². The zero-order chi connectivity index (χ0) is 39.6. The SMILES string of the molecule is c1cc2c(c(N3CCN(CCCCOc4ccn5nccc5c4)CC3)c1)OCC2.c1cc2c(c(N3CCN(CCCCOc4ccn5nccc5c4)CC3)c1)OCCC2. The van der Waals surface area contributed by atoms with Gasteiger partial charge in [0, 0.05) is 95.7 Å². The van der Waals surface area contributed by atoms with E-state index in [9.17, 15) is 0 Å². The largest absolute Gasteiger partial charge is 0.493 e. The summed E-state index contributed by atoms with van der Waals surface area (Å²) in [5.74, 6) is 4.09. The molecule has 6 aromatic rings. The number of nitrogens with zero attached hydrogens (tertiary/aromatic N) is 8. The molecule has 0 bridgehead atoms. The lowest BCUT2D eigenvalue weighted by atomic mass is 10.0. The molecule has 8 heterocycles. The molecular formula is C47H58N8O4. The average Bonchev–Trinajstić information content (AvgIpc) is 4.08. The topological polar surface area (TPSA) is 84.5 Å². The fraction of sp³-hybridized carbons (Fsp3) is 0.447. The highest BCUT2D eigenvalue weighted by Gasteiger charge is 2.24. The van der Waals surface area contributed by atoms with Gasteiger partial charge in [0.15, 0.2) is 0 Å². The second kappa shape index (κ2) is 19.1. The summed E-state index contributed by atoms with van der Waals surface area (Å²) in [6.07, 6.45) is 15.3. The van der Waals surface area contributed by atoms with E-state index in [1.165, 1.54) is 35.3 Å². The Morgan fingerprint density at radius 1 is 0.525 bits per heavy atom. The lowest BCUT2D eigenvalue weighted by Gasteiger charge is -2.37. The highest BCUT2D eigenvalue weighted by atomic mass is 16.5. The maximum absolute atomic E-state index is 6.01. The van der Waals surface area contributed by atoms with Crippen molar-refractivity contribution in [2.45, 2.75) is 44.9 Å². The maximum atomic E-state index is 6.01. The first-order valence-corrected chi connectivity index (χ1v) is 21.8. The molecule has 310 valence electrons. The average molecular weight is 799 g/mol. The zero-order valence-electron chi connectivity index (χ0n) is 34.3. The number of piperazine rings is 2. The first-order valence-electron chi connectivity index (χ1n) is 21.8.